The number of hydrogen-bond donors (Lipinski definition) is 2. The molecule has 1 heterocycles. The molecule has 0 unspecified atom stereocenters. The van der Waals surface area contributed by atoms with Gasteiger partial charge in [0.25, 0.3) is 5.91 Å². The molecule has 0 saturated heterocycles. The van der Waals surface area contributed by atoms with E-state index in [-0.39, 0.29) is 23.1 Å². The molecule has 128 valence electrons. The molecule has 0 aliphatic carbocycles. The summed E-state index contributed by atoms with van der Waals surface area (Å²) in [5.74, 6) is 0.126. The zero-order valence-corrected chi connectivity index (χ0v) is 13.2. The molecule has 0 aliphatic heterocycles. The van der Waals surface area contributed by atoms with Gasteiger partial charge in [0.1, 0.15) is 0 Å². The number of anilines is 2. The Morgan fingerprint density at radius 3 is 2.46 bits per heavy atom. The zero-order chi connectivity index (χ0) is 17.7. The molecule has 2 N–H and O–H groups in total. The second kappa shape index (κ2) is 7.29. The smallest absolute Gasteiger partial charge is 0.352 e. The van der Waals surface area contributed by atoms with Crippen LogP contribution in [0.3, 0.4) is 0 Å². The molecule has 0 bridgehead atoms. The number of carbonyl (C=O) groups excluding carboxylic acids is 1. The highest BCUT2D eigenvalue weighted by Gasteiger charge is 2.30. The maximum absolute atomic E-state index is 12.7. The number of aromatic nitrogens is 2. The normalized spacial score (nSPS) is 11.4. The Kier molecular flexibility index (Phi) is 5.38. The SMILES string of the molecule is CC(C)CNC(=O)c1cnc(Nc2cccc(C(F)(F)F)c2)nc1. The van der Waals surface area contributed by atoms with Gasteiger partial charge in [-0.3, -0.25) is 4.79 Å². The first-order valence-corrected chi connectivity index (χ1v) is 7.30. The fraction of sp³-hybridized carbons (Fsp3) is 0.312. The summed E-state index contributed by atoms with van der Waals surface area (Å²) < 4.78 is 38.0. The van der Waals surface area contributed by atoms with E-state index in [1.807, 2.05) is 13.8 Å². The fourth-order valence-electron chi connectivity index (χ4n) is 1.81. The predicted molar refractivity (Wildman–Crippen MR) is 83.9 cm³/mol. The van der Waals surface area contributed by atoms with Crippen molar-refractivity contribution in [2.45, 2.75) is 20.0 Å². The minimum Gasteiger partial charge on any atom is -0.352 e. The van der Waals surface area contributed by atoms with Crippen molar-refractivity contribution in [1.29, 1.82) is 0 Å². The third kappa shape index (κ3) is 4.94. The van der Waals surface area contributed by atoms with Crippen LogP contribution in [-0.4, -0.2) is 22.4 Å². The van der Waals surface area contributed by atoms with E-state index in [1.54, 1.807) is 0 Å². The highest BCUT2D eigenvalue weighted by molar-refractivity contribution is 5.93. The van der Waals surface area contributed by atoms with Gasteiger partial charge in [0, 0.05) is 24.6 Å². The fourth-order valence-corrected chi connectivity index (χ4v) is 1.81. The number of halogens is 3. The Balaban J connectivity index is 2.05. The van der Waals surface area contributed by atoms with Gasteiger partial charge in [-0.1, -0.05) is 19.9 Å². The van der Waals surface area contributed by atoms with Crippen molar-refractivity contribution < 1.29 is 18.0 Å². The van der Waals surface area contributed by atoms with Gasteiger partial charge in [-0.05, 0) is 24.1 Å². The molecular formula is C16H17F3N4O. The summed E-state index contributed by atoms with van der Waals surface area (Å²) in [5.41, 5.74) is -0.274. The van der Waals surface area contributed by atoms with Crippen LogP contribution >= 0.6 is 0 Å². The molecule has 1 aromatic carbocycles. The largest absolute Gasteiger partial charge is 0.416 e. The number of carbonyl (C=O) groups is 1. The molecule has 1 aromatic heterocycles. The van der Waals surface area contributed by atoms with Crippen LogP contribution in [0.15, 0.2) is 36.7 Å². The first kappa shape index (κ1) is 17.7. The van der Waals surface area contributed by atoms with Crippen molar-refractivity contribution in [2.75, 3.05) is 11.9 Å². The molecule has 0 spiro atoms. The minimum atomic E-state index is -4.42. The molecule has 24 heavy (non-hydrogen) atoms. The zero-order valence-electron chi connectivity index (χ0n) is 13.2. The number of hydrogen-bond acceptors (Lipinski definition) is 4. The monoisotopic (exact) mass is 338 g/mol. The second-order valence-electron chi connectivity index (χ2n) is 5.60. The van der Waals surface area contributed by atoms with Gasteiger partial charge in [-0.15, -0.1) is 0 Å². The lowest BCUT2D eigenvalue weighted by molar-refractivity contribution is -0.137. The Hall–Kier alpha value is -2.64. The van der Waals surface area contributed by atoms with E-state index in [2.05, 4.69) is 20.6 Å². The molecule has 2 aromatic rings. The van der Waals surface area contributed by atoms with Crippen LogP contribution in [0.5, 0.6) is 0 Å². The van der Waals surface area contributed by atoms with E-state index in [4.69, 9.17) is 0 Å². The number of nitrogens with one attached hydrogen (secondary N) is 2. The highest BCUT2D eigenvalue weighted by atomic mass is 19.4. The summed E-state index contributed by atoms with van der Waals surface area (Å²) in [6.45, 7) is 4.47. The molecule has 2 rings (SSSR count). The minimum absolute atomic E-state index is 0.106. The molecule has 5 nitrogen and oxygen atoms in total. The summed E-state index contributed by atoms with van der Waals surface area (Å²) in [4.78, 5) is 19.7. The van der Waals surface area contributed by atoms with Crippen LogP contribution in [0.4, 0.5) is 24.8 Å². The first-order chi connectivity index (χ1) is 11.3. The number of nitrogens with zero attached hydrogens (tertiary/aromatic N) is 2. The molecule has 1 amide bonds. The first-order valence-electron chi connectivity index (χ1n) is 7.30. The van der Waals surface area contributed by atoms with Crippen molar-refractivity contribution in [2.24, 2.45) is 5.92 Å². The molecule has 0 fully saturated rings. The summed E-state index contributed by atoms with van der Waals surface area (Å²) in [5, 5.41) is 5.41. The van der Waals surface area contributed by atoms with Gasteiger partial charge in [-0.2, -0.15) is 13.2 Å². The van der Waals surface area contributed by atoms with E-state index in [0.29, 0.717) is 12.5 Å². The van der Waals surface area contributed by atoms with E-state index in [1.165, 1.54) is 24.5 Å². The third-order valence-corrected chi connectivity index (χ3v) is 3.03. The number of amides is 1. The maximum atomic E-state index is 12.7. The van der Waals surface area contributed by atoms with Crippen LogP contribution in [0.1, 0.15) is 29.8 Å². The van der Waals surface area contributed by atoms with Crippen molar-refractivity contribution >= 4 is 17.5 Å². The third-order valence-electron chi connectivity index (χ3n) is 3.03. The number of benzene rings is 1. The Morgan fingerprint density at radius 2 is 1.88 bits per heavy atom. The summed E-state index contributed by atoms with van der Waals surface area (Å²) in [6.07, 6.45) is -1.78. The van der Waals surface area contributed by atoms with Crippen LogP contribution in [0.2, 0.25) is 0 Å². The van der Waals surface area contributed by atoms with Crippen LogP contribution < -0.4 is 10.6 Å². The van der Waals surface area contributed by atoms with Gasteiger partial charge < -0.3 is 10.6 Å². The lowest BCUT2D eigenvalue weighted by Crippen LogP contribution is -2.27. The standard InChI is InChI=1S/C16H17F3N4O/c1-10(2)7-20-14(24)11-8-21-15(22-9-11)23-13-5-3-4-12(6-13)16(17,18)19/h3-6,8-10H,7H2,1-2H3,(H,20,24)(H,21,22,23). The number of alkyl halides is 3. The quantitative estimate of drug-likeness (QED) is 0.874. The lowest BCUT2D eigenvalue weighted by Gasteiger charge is -2.10. The van der Waals surface area contributed by atoms with Gasteiger partial charge >= 0.3 is 6.18 Å². The Morgan fingerprint density at radius 1 is 1.21 bits per heavy atom. The van der Waals surface area contributed by atoms with Gasteiger partial charge in [0.05, 0.1) is 11.1 Å². The van der Waals surface area contributed by atoms with Crippen molar-refractivity contribution in [3.63, 3.8) is 0 Å². The average Bonchev–Trinajstić information content (AvgIpc) is 2.53. The van der Waals surface area contributed by atoms with Crippen LogP contribution in [0, 0.1) is 5.92 Å². The molecule has 8 heteroatoms. The summed E-state index contributed by atoms with van der Waals surface area (Å²) >= 11 is 0. The molecule has 0 radical (unpaired) electrons. The molecule has 0 saturated carbocycles. The number of rotatable bonds is 5. The highest BCUT2D eigenvalue weighted by Crippen LogP contribution is 2.31. The van der Waals surface area contributed by atoms with Crippen molar-refractivity contribution in [1.82, 2.24) is 15.3 Å². The van der Waals surface area contributed by atoms with Gasteiger partial charge in [0.2, 0.25) is 5.95 Å². The molecular weight excluding hydrogens is 321 g/mol. The Labute approximate surface area is 137 Å². The summed E-state index contributed by atoms with van der Waals surface area (Å²) in [6, 6.07) is 4.71. The molecule has 0 aliphatic rings. The van der Waals surface area contributed by atoms with Crippen molar-refractivity contribution in [3.8, 4) is 0 Å². The second-order valence-corrected chi connectivity index (χ2v) is 5.60. The predicted octanol–water partition coefficient (Wildman–Crippen LogP) is 3.62. The lowest BCUT2D eigenvalue weighted by atomic mass is 10.2. The van der Waals surface area contributed by atoms with Gasteiger partial charge in [-0.25, -0.2) is 9.97 Å². The Bertz CT molecular complexity index is 699. The maximum Gasteiger partial charge on any atom is 0.416 e. The van der Waals surface area contributed by atoms with E-state index >= 15 is 0 Å². The summed E-state index contributed by atoms with van der Waals surface area (Å²) in [7, 11) is 0. The average molecular weight is 338 g/mol. The van der Waals surface area contributed by atoms with E-state index in [0.717, 1.165) is 12.1 Å². The molecule has 0 atom stereocenters. The van der Waals surface area contributed by atoms with E-state index in [9.17, 15) is 18.0 Å². The van der Waals surface area contributed by atoms with Crippen LogP contribution in [0.25, 0.3) is 0 Å². The topological polar surface area (TPSA) is 66.9 Å². The van der Waals surface area contributed by atoms with E-state index < -0.39 is 11.7 Å². The van der Waals surface area contributed by atoms with Crippen molar-refractivity contribution in [3.05, 3.63) is 47.8 Å². The van der Waals surface area contributed by atoms with Crippen LogP contribution in [-0.2, 0) is 6.18 Å². The van der Waals surface area contributed by atoms with Gasteiger partial charge in [0.15, 0.2) is 0 Å².